The zero-order valence-electron chi connectivity index (χ0n) is 11.1. The highest BCUT2D eigenvalue weighted by Crippen LogP contribution is 2.10. The predicted molar refractivity (Wildman–Crippen MR) is 71.2 cm³/mol. The predicted octanol–water partition coefficient (Wildman–Crippen LogP) is 0.489. The van der Waals surface area contributed by atoms with Crippen molar-refractivity contribution in [3.05, 3.63) is 29.8 Å². The number of nitrogens with two attached hydrogens (primary N) is 1. The molecule has 0 aromatic heterocycles. The van der Waals surface area contributed by atoms with Crippen molar-refractivity contribution in [1.82, 2.24) is 5.32 Å². The number of benzene rings is 1. The Bertz CT molecular complexity index is 550. The second-order valence-electron chi connectivity index (χ2n) is 4.72. The van der Waals surface area contributed by atoms with Crippen molar-refractivity contribution in [2.75, 3.05) is 13.7 Å². The average Bonchev–Trinajstić information content (AvgIpc) is 2.35. The summed E-state index contributed by atoms with van der Waals surface area (Å²) in [7, 11) is -2.17. The lowest BCUT2D eigenvalue weighted by atomic mass is 10.1. The maximum Gasteiger partial charge on any atom is 0.251 e. The first kappa shape index (κ1) is 15.6. The summed E-state index contributed by atoms with van der Waals surface area (Å²) in [4.78, 5) is 11.8. The van der Waals surface area contributed by atoms with Crippen LogP contribution in [-0.2, 0) is 14.8 Å². The highest BCUT2D eigenvalue weighted by Gasteiger charge is 2.18. The number of carbonyl (C=O) groups excluding carboxylic acids is 1. The Hall–Kier alpha value is -1.44. The molecule has 3 N–H and O–H groups in total. The molecule has 0 bridgehead atoms. The molecule has 1 aromatic rings. The molecular weight excluding hydrogens is 268 g/mol. The maximum atomic E-state index is 11.8. The standard InChI is InChI=1S/C12H18N2O4S/c1-12(2,18-3)8-14-11(15)9-4-6-10(7-5-9)19(13,16)17/h4-7H,8H2,1-3H3,(H,14,15)(H2,13,16,17). The van der Waals surface area contributed by atoms with Gasteiger partial charge in [-0.25, -0.2) is 13.6 Å². The van der Waals surface area contributed by atoms with E-state index in [4.69, 9.17) is 9.88 Å². The van der Waals surface area contributed by atoms with Crippen LogP contribution in [0.2, 0.25) is 0 Å². The van der Waals surface area contributed by atoms with Gasteiger partial charge in [-0.05, 0) is 38.1 Å². The zero-order chi connectivity index (χ0) is 14.7. The molecule has 0 unspecified atom stereocenters. The highest BCUT2D eigenvalue weighted by atomic mass is 32.2. The summed E-state index contributed by atoms with van der Waals surface area (Å²) in [5.41, 5.74) is -0.102. The molecule has 0 spiro atoms. The molecule has 106 valence electrons. The number of primary sulfonamides is 1. The summed E-state index contributed by atoms with van der Waals surface area (Å²) < 4.78 is 27.3. The number of methoxy groups -OCH3 is 1. The summed E-state index contributed by atoms with van der Waals surface area (Å²) in [6, 6.07) is 5.42. The molecule has 0 aliphatic rings. The summed E-state index contributed by atoms with van der Waals surface area (Å²) in [6.45, 7) is 4.04. The van der Waals surface area contributed by atoms with E-state index in [2.05, 4.69) is 5.32 Å². The Kier molecular flexibility index (Phi) is 4.67. The first-order valence-corrected chi connectivity index (χ1v) is 7.16. The number of hydrogen-bond donors (Lipinski definition) is 2. The highest BCUT2D eigenvalue weighted by molar-refractivity contribution is 7.89. The molecule has 6 nitrogen and oxygen atoms in total. The molecule has 0 atom stereocenters. The molecule has 0 saturated heterocycles. The number of carbonyl (C=O) groups is 1. The number of sulfonamides is 1. The molecule has 0 fully saturated rings. The molecule has 0 radical (unpaired) electrons. The minimum Gasteiger partial charge on any atom is -0.377 e. The van der Waals surface area contributed by atoms with E-state index in [1.54, 1.807) is 7.11 Å². The van der Waals surface area contributed by atoms with Crippen LogP contribution >= 0.6 is 0 Å². The molecule has 1 rings (SSSR count). The number of rotatable bonds is 5. The van der Waals surface area contributed by atoms with Gasteiger partial charge in [0, 0.05) is 19.2 Å². The van der Waals surface area contributed by atoms with Crippen molar-refractivity contribution >= 4 is 15.9 Å². The lowest BCUT2D eigenvalue weighted by Crippen LogP contribution is -2.39. The fourth-order valence-corrected chi connectivity index (χ4v) is 1.78. The van der Waals surface area contributed by atoms with Crippen molar-refractivity contribution in [3.63, 3.8) is 0 Å². The van der Waals surface area contributed by atoms with Crippen LogP contribution in [-0.4, -0.2) is 33.6 Å². The molecule has 19 heavy (non-hydrogen) atoms. The van der Waals surface area contributed by atoms with Crippen LogP contribution in [0.15, 0.2) is 29.2 Å². The minimum absolute atomic E-state index is 0.0266. The van der Waals surface area contributed by atoms with E-state index in [1.807, 2.05) is 13.8 Å². The van der Waals surface area contributed by atoms with Gasteiger partial charge in [0.1, 0.15) is 0 Å². The quantitative estimate of drug-likeness (QED) is 0.823. The number of ether oxygens (including phenoxy) is 1. The Labute approximate surface area is 113 Å². The van der Waals surface area contributed by atoms with Gasteiger partial charge in [0.25, 0.3) is 5.91 Å². The smallest absolute Gasteiger partial charge is 0.251 e. The fourth-order valence-electron chi connectivity index (χ4n) is 1.26. The van der Waals surface area contributed by atoms with Crippen LogP contribution in [0, 0.1) is 0 Å². The maximum absolute atomic E-state index is 11.8. The molecular formula is C12H18N2O4S. The summed E-state index contributed by atoms with van der Waals surface area (Å²) in [6.07, 6.45) is 0. The normalized spacial score (nSPS) is 12.2. The Balaban J connectivity index is 2.74. The van der Waals surface area contributed by atoms with Crippen LogP contribution in [0.5, 0.6) is 0 Å². The second-order valence-corrected chi connectivity index (χ2v) is 6.28. The van der Waals surface area contributed by atoms with Gasteiger partial charge in [-0.3, -0.25) is 4.79 Å². The van der Waals surface area contributed by atoms with Crippen LogP contribution in [0.25, 0.3) is 0 Å². The Morgan fingerprint density at radius 3 is 2.26 bits per heavy atom. The van der Waals surface area contributed by atoms with Gasteiger partial charge in [-0.15, -0.1) is 0 Å². The Morgan fingerprint density at radius 1 is 1.32 bits per heavy atom. The van der Waals surface area contributed by atoms with Gasteiger partial charge in [-0.1, -0.05) is 0 Å². The van der Waals surface area contributed by atoms with Gasteiger partial charge >= 0.3 is 0 Å². The van der Waals surface area contributed by atoms with E-state index < -0.39 is 15.6 Å². The molecule has 1 aromatic carbocycles. The van der Waals surface area contributed by atoms with Gasteiger partial charge < -0.3 is 10.1 Å². The van der Waals surface area contributed by atoms with Crippen molar-refractivity contribution < 1.29 is 17.9 Å². The topological polar surface area (TPSA) is 98.5 Å². The monoisotopic (exact) mass is 286 g/mol. The number of hydrogen-bond acceptors (Lipinski definition) is 4. The van der Waals surface area contributed by atoms with Crippen LogP contribution in [0.3, 0.4) is 0 Å². The zero-order valence-corrected chi connectivity index (χ0v) is 12.0. The lowest BCUT2D eigenvalue weighted by Gasteiger charge is -2.23. The summed E-state index contributed by atoms with van der Waals surface area (Å²) in [5, 5.41) is 7.68. The number of amides is 1. The summed E-state index contributed by atoms with van der Waals surface area (Å²) >= 11 is 0. The molecule has 0 aliphatic carbocycles. The van der Waals surface area contributed by atoms with Gasteiger partial charge in [0.15, 0.2) is 0 Å². The third-order valence-corrected chi connectivity index (χ3v) is 3.60. The van der Waals surface area contributed by atoms with E-state index in [0.717, 1.165) is 0 Å². The molecule has 0 heterocycles. The summed E-state index contributed by atoms with van der Waals surface area (Å²) in [5.74, 6) is -0.300. The average molecular weight is 286 g/mol. The van der Waals surface area contributed by atoms with Crippen molar-refractivity contribution in [1.29, 1.82) is 0 Å². The lowest BCUT2D eigenvalue weighted by molar-refractivity contribution is 0.0229. The number of nitrogens with one attached hydrogen (secondary N) is 1. The van der Waals surface area contributed by atoms with Crippen LogP contribution in [0.4, 0.5) is 0 Å². The van der Waals surface area contributed by atoms with Crippen molar-refractivity contribution in [2.24, 2.45) is 5.14 Å². The first-order valence-electron chi connectivity index (χ1n) is 5.62. The molecule has 0 aliphatic heterocycles. The minimum atomic E-state index is -3.74. The van der Waals surface area contributed by atoms with E-state index in [0.29, 0.717) is 12.1 Å². The first-order chi connectivity index (χ1) is 8.65. The molecule has 1 amide bonds. The second kappa shape index (κ2) is 5.68. The largest absolute Gasteiger partial charge is 0.377 e. The van der Waals surface area contributed by atoms with Gasteiger partial charge in [0.05, 0.1) is 10.5 Å². The third kappa shape index (κ3) is 4.62. The van der Waals surface area contributed by atoms with Crippen molar-refractivity contribution in [2.45, 2.75) is 24.3 Å². The van der Waals surface area contributed by atoms with Crippen LogP contribution < -0.4 is 10.5 Å². The van der Waals surface area contributed by atoms with E-state index >= 15 is 0 Å². The molecule has 7 heteroatoms. The molecule has 0 saturated carbocycles. The van der Waals surface area contributed by atoms with E-state index in [1.165, 1.54) is 24.3 Å². The van der Waals surface area contributed by atoms with Gasteiger partial charge in [0.2, 0.25) is 10.0 Å². The van der Waals surface area contributed by atoms with Crippen molar-refractivity contribution in [3.8, 4) is 0 Å². The SMILES string of the molecule is COC(C)(C)CNC(=O)c1ccc(S(N)(=O)=O)cc1. The van der Waals surface area contributed by atoms with Crippen LogP contribution in [0.1, 0.15) is 24.2 Å². The Morgan fingerprint density at radius 2 is 1.84 bits per heavy atom. The fraction of sp³-hybridized carbons (Fsp3) is 0.417. The van der Waals surface area contributed by atoms with Gasteiger partial charge in [-0.2, -0.15) is 0 Å². The third-order valence-electron chi connectivity index (χ3n) is 2.67. The van der Waals surface area contributed by atoms with E-state index in [-0.39, 0.29) is 10.8 Å². The van der Waals surface area contributed by atoms with E-state index in [9.17, 15) is 13.2 Å².